The highest BCUT2D eigenvalue weighted by Crippen LogP contribution is 2.28. The maximum absolute atomic E-state index is 12.2. The lowest BCUT2D eigenvalue weighted by atomic mass is 10.1. The van der Waals surface area contributed by atoms with Gasteiger partial charge >= 0.3 is 6.09 Å². The molecule has 150 valence electrons. The molecule has 7 heteroatoms. The van der Waals surface area contributed by atoms with Crippen molar-refractivity contribution in [2.24, 2.45) is 0 Å². The molecule has 0 aromatic heterocycles. The Morgan fingerprint density at radius 3 is 2.29 bits per heavy atom. The summed E-state index contributed by atoms with van der Waals surface area (Å²) in [5.74, 6) is 1.20. The monoisotopic (exact) mass is 386 g/mol. The molecule has 7 nitrogen and oxygen atoms in total. The maximum Gasteiger partial charge on any atom is 0.413 e. The fourth-order valence-electron chi connectivity index (χ4n) is 2.61. The highest BCUT2D eigenvalue weighted by atomic mass is 16.6. The quantitative estimate of drug-likeness (QED) is 0.745. The number of aryl methyl sites for hydroxylation is 1. The lowest BCUT2D eigenvalue weighted by Crippen LogP contribution is -2.26. The van der Waals surface area contributed by atoms with Gasteiger partial charge in [0.1, 0.15) is 0 Å². The highest BCUT2D eigenvalue weighted by molar-refractivity contribution is 5.92. The molecule has 2 amide bonds. The van der Waals surface area contributed by atoms with Crippen molar-refractivity contribution < 1.29 is 23.8 Å². The first-order valence-electron chi connectivity index (χ1n) is 8.99. The number of anilines is 2. The van der Waals surface area contributed by atoms with Crippen molar-refractivity contribution in [1.29, 1.82) is 0 Å². The van der Waals surface area contributed by atoms with Crippen molar-refractivity contribution in [3.05, 3.63) is 48.0 Å². The van der Waals surface area contributed by atoms with Gasteiger partial charge in [0.15, 0.2) is 11.5 Å². The predicted octanol–water partition coefficient (Wildman–Crippen LogP) is 3.87. The van der Waals surface area contributed by atoms with E-state index < -0.39 is 6.09 Å². The van der Waals surface area contributed by atoms with Gasteiger partial charge in [-0.25, -0.2) is 4.79 Å². The van der Waals surface area contributed by atoms with Gasteiger partial charge in [0.05, 0.1) is 20.8 Å². The zero-order valence-corrected chi connectivity index (χ0v) is 16.7. The predicted molar refractivity (Wildman–Crippen MR) is 108 cm³/mol. The maximum atomic E-state index is 12.2. The second-order valence-electron chi connectivity index (χ2n) is 6.04. The standard InChI is InChI=1S/C21H26N2O5/c1-5-28-21(25)23(2)17-10-8-16(9-11-17)22-20(24)13-7-15-6-12-18(26-3)19(14-15)27-4/h6,8-12,14H,5,7,13H2,1-4H3,(H,22,24). The third kappa shape index (κ3) is 5.64. The molecule has 0 saturated carbocycles. The van der Waals surface area contributed by atoms with Gasteiger partial charge < -0.3 is 19.5 Å². The van der Waals surface area contributed by atoms with Crippen LogP contribution in [0.5, 0.6) is 11.5 Å². The van der Waals surface area contributed by atoms with Crippen molar-refractivity contribution >= 4 is 23.4 Å². The van der Waals surface area contributed by atoms with Gasteiger partial charge in [-0.1, -0.05) is 6.07 Å². The van der Waals surface area contributed by atoms with Crippen molar-refractivity contribution in [3.63, 3.8) is 0 Å². The summed E-state index contributed by atoms with van der Waals surface area (Å²) in [6.45, 7) is 2.07. The van der Waals surface area contributed by atoms with Crippen LogP contribution in [0.3, 0.4) is 0 Å². The summed E-state index contributed by atoms with van der Waals surface area (Å²) in [4.78, 5) is 25.4. The average Bonchev–Trinajstić information content (AvgIpc) is 2.72. The lowest BCUT2D eigenvalue weighted by Gasteiger charge is -2.17. The van der Waals surface area contributed by atoms with E-state index in [2.05, 4.69) is 5.32 Å². The van der Waals surface area contributed by atoms with E-state index in [0.29, 0.717) is 42.3 Å². The molecule has 0 radical (unpaired) electrons. The molecule has 0 aliphatic carbocycles. The molecule has 0 aliphatic heterocycles. The van der Waals surface area contributed by atoms with Crippen molar-refractivity contribution in [3.8, 4) is 11.5 Å². The molecule has 2 aromatic rings. The minimum atomic E-state index is -0.422. The molecule has 0 spiro atoms. The van der Waals surface area contributed by atoms with Gasteiger partial charge in [-0.15, -0.1) is 0 Å². The molecular formula is C21H26N2O5. The summed E-state index contributed by atoms with van der Waals surface area (Å²) in [7, 11) is 4.80. The fourth-order valence-corrected chi connectivity index (χ4v) is 2.61. The zero-order valence-electron chi connectivity index (χ0n) is 16.7. The number of amides is 2. The van der Waals surface area contributed by atoms with Gasteiger partial charge in [-0.2, -0.15) is 0 Å². The van der Waals surface area contributed by atoms with E-state index in [-0.39, 0.29) is 5.91 Å². The van der Waals surface area contributed by atoms with Crippen LogP contribution in [-0.2, 0) is 16.0 Å². The number of carbonyl (C=O) groups excluding carboxylic acids is 2. The van der Waals surface area contributed by atoms with Crippen LogP contribution >= 0.6 is 0 Å². The van der Waals surface area contributed by atoms with E-state index in [9.17, 15) is 9.59 Å². The summed E-state index contributed by atoms with van der Waals surface area (Å²) in [6.07, 6.45) is 0.490. The minimum absolute atomic E-state index is 0.0960. The van der Waals surface area contributed by atoms with E-state index in [1.807, 2.05) is 18.2 Å². The van der Waals surface area contributed by atoms with Crippen molar-refractivity contribution in [1.82, 2.24) is 0 Å². The molecule has 0 atom stereocenters. The van der Waals surface area contributed by atoms with Crippen LogP contribution in [0, 0.1) is 0 Å². The van der Waals surface area contributed by atoms with E-state index in [0.717, 1.165) is 5.56 Å². The first kappa shape index (κ1) is 21.1. The molecule has 0 fully saturated rings. The molecule has 1 N–H and O–H groups in total. The number of rotatable bonds is 8. The third-order valence-corrected chi connectivity index (χ3v) is 4.17. The molecule has 0 unspecified atom stereocenters. The first-order valence-corrected chi connectivity index (χ1v) is 8.99. The number of hydrogen-bond donors (Lipinski definition) is 1. The molecule has 2 rings (SSSR count). The molecular weight excluding hydrogens is 360 g/mol. The Labute approximate surface area is 165 Å². The zero-order chi connectivity index (χ0) is 20.5. The van der Waals surface area contributed by atoms with Crippen LogP contribution in [-0.4, -0.2) is 39.9 Å². The summed E-state index contributed by atoms with van der Waals surface area (Å²) >= 11 is 0. The van der Waals surface area contributed by atoms with Crippen LogP contribution in [0.2, 0.25) is 0 Å². The molecule has 0 heterocycles. The smallest absolute Gasteiger partial charge is 0.413 e. The largest absolute Gasteiger partial charge is 0.493 e. The van der Waals surface area contributed by atoms with E-state index in [4.69, 9.17) is 14.2 Å². The van der Waals surface area contributed by atoms with Crippen LogP contribution < -0.4 is 19.7 Å². The first-order chi connectivity index (χ1) is 13.5. The fraction of sp³-hybridized carbons (Fsp3) is 0.333. The number of ether oxygens (including phenoxy) is 3. The lowest BCUT2D eigenvalue weighted by molar-refractivity contribution is -0.116. The molecule has 0 aliphatic rings. The Bertz CT molecular complexity index is 805. The second-order valence-corrected chi connectivity index (χ2v) is 6.04. The van der Waals surface area contributed by atoms with Gasteiger partial charge in [0, 0.05) is 24.8 Å². The third-order valence-electron chi connectivity index (χ3n) is 4.17. The number of nitrogens with one attached hydrogen (secondary N) is 1. The molecule has 2 aromatic carbocycles. The Balaban J connectivity index is 1.90. The molecule has 0 bridgehead atoms. The molecule has 0 saturated heterocycles. The number of hydrogen-bond acceptors (Lipinski definition) is 5. The number of benzene rings is 2. The second kappa shape index (κ2) is 10.2. The highest BCUT2D eigenvalue weighted by Gasteiger charge is 2.12. The van der Waals surface area contributed by atoms with Crippen LogP contribution in [0.1, 0.15) is 18.9 Å². The van der Waals surface area contributed by atoms with Crippen LogP contribution in [0.25, 0.3) is 0 Å². The number of nitrogens with zero attached hydrogens (tertiary/aromatic N) is 1. The Hall–Kier alpha value is -3.22. The summed E-state index contributed by atoms with van der Waals surface area (Å²) < 4.78 is 15.5. The summed E-state index contributed by atoms with van der Waals surface area (Å²) in [5, 5.41) is 2.85. The van der Waals surface area contributed by atoms with Gasteiger partial charge in [0.25, 0.3) is 0 Å². The SMILES string of the molecule is CCOC(=O)N(C)c1ccc(NC(=O)CCc2ccc(OC)c(OC)c2)cc1. The molecule has 28 heavy (non-hydrogen) atoms. The normalized spacial score (nSPS) is 10.1. The number of methoxy groups -OCH3 is 2. The topological polar surface area (TPSA) is 77.1 Å². The Kier molecular flexibility index (Phi) is 7.68. The van der Waals surface area contributed by atoms with E-state index >= 15 is 0 Å². The summed E-state index contributed by atoms with van der Waals surface area (Å²) in [6, 6.07) is 12.6. The minimum Gasteiger partial charge on any atom is -0.493 e. The van der Waals surface area contributed by atoms with Gasteiger partial charge in [-0.3, -0.25) is 9.69 Å². The summed E-state index contributed by atoms with van der Waals surface area (Å²) in [5.41, 5.74) is 2.33. The van der Waals surface area contributed by atoms with Crippen molar-refractivity contribution in [2.45, 2.75) is 19.8 Å². The van der Waals surface area contributed by atoms with Gasteiger partial charge in [0.2, 0.25) is 5.91 Å². The average molecular weight is 386 g/mol. The van der Waals surface area contributed by atoms with Gasteiger partial charge in [-0.05, 0) is 55.3 Å². The van der Waals surface area contributed by atoms with E-state index in [1.54, 1.807) is 52.5 Å². The van der Waals surface area contributed by atoms with Crippen molar-refractivity contribution in [2.75, 3.05) is 38.1 Å². The van der Waals surface area contributed by atoms with Crippen LogP contribution in [0.15, 0.2) is 42.5 Å². The Morgan fingerprint density at radius 1 is 1.00 bits per heavy atom. The Morgan fingerprint density at radius 2 is 1.68 bits per heavy atom. The van der Waals surface area contributed by atoms with Crippen LogP contribution in [0.4, 0.5) is 16.2 Å². The van der Waals surface area contributed by atoms with E-state index in [1.165, 1.54) is 4.90 Å². The number of carbonyl (C=O) groups is 2.